The molecule has 0 spiro atoms. The van der Waals surface area contributed by atoms with Crippen LogP contribution in [-0.4, -0.2) is 16.3 Å². The highest BCUT2D eigenvalue weighted by Gasteiger charge is 2.40. The van der Waals surface area contributed by atoms with Gasteiger partial charge in [0, 0.05) is 18.0 Å². The van der Waals surface area contributed by atoms with E-state index in [4.69, 9.17) is 5.11 Å². The van der Waals surface area contributed by atoms with E-state index in [0.29, 0.717) is 5.56 Å². The fourth-order valence-corrected chi connectivity index (χ4v) is 0.939. The molecule has 1 rings (SSSR count). The zero-order chi connectivity index (χ0) is 10.1. The molecule has 0 aromatic carbocycles. The minimum Gasteiger partial charge on any atom is -0.379 e. The highest BCUT2D eigenvalue weighted by Crippen LogP contribution is 2.33. The van der Waals surface area contributed by atoms with Crippen LogP contribution in [0.2, 0.25) is 0 Å². The van der Waals surface area contributed by atoms with Gasteiger partial charge in [0.15, 0.2) is 6.10 Å². The van der Waals surface area contributed by atoms with Gasteiger partial charge in [-0.2, -0.15) is 13.2 Å². The number of aryl methyl sites for hydroxylation is 1. The molecule has 0 radical (unpaired) electrons. The quantitative estimate of drug-likeness (QED) is 0.736. The molecule has 0 saturated carbocycles. The monoisotopic (exact) mass is 191 g/mol. The molecule has 1 aromatic rings. The van der Waals surface area contributed by atoms with E-state index in [1.54, 1.807) is 0 Å². The number of rotatable bonds is 1. The highest BCUT2D eigenvalue weighted by molar-refractivity contribution is 5.24. The SMILES string of the molecule is Cc1ccncc1C(O)C(F)(F)F. The summed E-state index contributed by atoms with van der Waals surface area (Å²) in [6, 6.07) is 1.42. The third kappa shape index (κ3) is 2.18. The van der Waals surface area contributed by atoms with Crippen molar-refractivity contribution in [2.75, 3.05) is 0 Å². The van der Waals surface area contributed by atoms with Crippen molar-refractivity contribution in [1.29, 1.82) is 0 Å². The Balaban J connectivity index is 3.02. The summed E-state index contributed by atoms with van der Waals surface area (Å²) in [5.74, 6) is 0. The van der Waals surface area contributed by atoms with Gasteiger partial charge in [-0.15, -0.1) is 0 Å². The largest absolute Gasteiger partial charge is 0.418 e. The summed E-state index contributed by atoms with van der Waals surface area (Å²) < 4.78 is 36.1. The van der Waals surface area contributed by atoms with E-state index in [-0.39, 0.29) is 5.56 Å². The van der Waals surface area contributed by atoms with Gasteiger partial charge < -0.3 is 5.11 Å². The predicted molar refractivity (Wildman–Crippen MR) is 40.0 cm³/mol. The first-order valence-electron chi connectivity index (χ1n) is 3.58. The Bertz CT molecular complexity index is 298. The Morgan fingerprint density at radius 2 is 2.08 bits per heavy atom. The van der Waals surface area contributed by atoms with Crippen molar-refractivity contribution in [3.63, 3.8) is 0 Å². The molecule has 0 amide bonds. The Morgan fingerprint density at radius 1 is 1.46 bits per heavy atom. The van der Waals surface area contributed by atoms with Crippen molar-refractivity contribution < 1.29 is 18.3 Å². The van der Waals surface area contributed by atoms with Crippen LogP contribution < -0.4 is 0 Å². The average molecular weight is 191 g/mol. The van der Waals surface area contributed by atoms with E-state index in [2.05, 4.69) is 4.98 Å². The number of aliphatic hydroxyl groups excluding tert-OH is 1. The average Bonchev–Trinajstić information content (AvgIpc) is 2.02. The van der Waals surface area contributed by atoms with Gasteiger partial charge in [-0.25, -0.2) is 0 Å². The molecule has 0 aliphatic carbocycles. The minimum atomic E-state index is -4.63. The first kappa shape index (κ1) is 9.98. The highest BCUT2D eigenvalue weighted by atomic mass is 19.4. The summed E-state index contributed by atoms with van der Waals surface area (Å²) in [7, 11) is 0. The second-order valence-electron chi connectivity index (χ2n) is 2.68. The van der Waals surface area contributed by atoms with Gasteiger partial charge in [-0.05, 0) is 18.6 Å². The third-order valence-corrected chi connectivity index (χ3v) is 1.68. The molecule has 0 saturated heterocycles. The van der Waals surface area contributed by atoms with E-state index >= 15 is 0 Å². The second kappa shape index (κ2) is 3.33. The Morgan fingerprint density at radius 3 is 2.54 bits per heavy atom. The van der Waals surface area contributed by atoms with Gasteiger partial charge in [0.1, 0.15) is 0 Å². The normalized spacial score (nSPS) is 14.2. The van der Waals surface area contributed by atoms with Crippen LogP contribution in [0, 0.1) is 6.92 Å². The Labute approximate surface area is 73.0 Å². The van der Waals surface area contributed by atoms with Crippen molar-refractivity contribution in [3.8, 4) is 0 Å². The van der Waals surface area contributed by atoms with Crippen LogP contribution in [0.15, 0.2) is 18.5 Å². The molecular formula is C8H8F3NO. The minimum absolute atomic E-state index is 0.199. The second-order valence-corrected chi connectivity index (χ2v) is 2.68. The van der Waals surface area contributed by atoms with Crippen LogP contribution in [0.3, 0.4) is 0 Å². The maximum atomic E-state index is 12.0. The first-order valence-corrected chi connectivity index (χ1v) is 3.58. The number of hydrogen-bond acceptors (Lipinski definition) is 2. The van der Waals surface area contributed by atoms with Crippen LogP contribution >= 0.6 is 0 Å². The predicted octanol–water partition coefficient (Wildman–Crippen LogP) is 1.99. The maximum absolute atomic E-state index is 12.0. The van der Waals surface area contributed by atoms with Crippen molar-refractivity contribution in [2.24, 2.45) is 0 Å². The smallest absolute Gasteiger partial charge is 0.379 e. The number of alkyl halides is 3. The molecule has 1 aromatic heterocycles. The zero-order valence-corrected chi connectivity index (χ0v) is 6.84. The zero-order valence-electron chi connectivity index (χ0n) is 6.84. The van der Waals surface area contributed by atoms with E-state index in [1.807, 2.05) is 0 Å². The number of aromatic nitrogens is 1. The molecule has 72 valence electrons. The summed E-state index contributed by atoms with van der Waals surface area (Å²) in [5.41, 5.74) is 0.176. The number of halogens is 3. The lowest BCUT2D eigenvalue weighted by molar-refractivity contribution is -0.207. The Kier molecular flexibility index (Phi) is 2.56. The van der Waals surface area contributed by atoms with Crippen LogP contribution in [0.1, 0.15) is 17.2 Å². The summed E-state index contributed by atoms with van der Waals surface area (Å²) >= 11 is 0. The number of hydrogen-bond donors (Lipinski definition) is 1. The lowest BCUT2D eigenvalue weighted by Crippen LogP contribution is -2.21. The molecule has 1 atom stereocenters. The van der Waals surface area contributed by atoms with Gasteiger partial charge in [0.2, 0.25) is 0 Å². The molecule has 0 aliphatic heterocycles. The summed E-state index contributed by atoms with van der Waals surface area (Å²) in [4.78, 5) is 3.52. The van der Waals surface area contributed by atoms with Gasteiger partial charge in [0.05, 0.1) is 0 Å². The third-order valence-electron chi connectivity index (χ3n) is 1.68. The molecule has 1 N–H and O–H groups in total. The molecule has 2 nitrogen and oxygen atoms in total. The lowest BCUT2D eigenvalue weighted by atomic mass is 10.1. The number of nitrogens with zero attached hydrogens (tertiary/aromatic N) is 1. The number of pyridine rings is 1. The van der Waals surface area contributed by atoms with Gasteiger partial charge >= 0.3 is 6.18 Å². The van der Waals surface area contributed by atoms with Gasteiger partial charge in [-0.1, -0.05) is 0 Å². The Hall–Kier alpha value is -1.10. The van der Waals surface area contributed by atoms with Crippen LogP contribution in [-0.2, 0) is 0 Å². The van der Waals surface area contributed by atoms with Crippen molar-refractivity contribution in [3.05, 3.63) is 29.6 Å². The summed E-state index contributed by atoms with van der Waals surface area (Å²) in [6.07, 6.45) is -4.68. The van der Waals surface area contributed by atoms with Crippen molar-refractivity contribution in [2.45, 2.75) is 19.2 Å². The van der Waals surface area contributed by atoms with E-state index in [9.17, 15) is 13.2 Å². The van der Waals surface area contributed by atoms with Crippen LogP contribution in [0.5, 0.6) is 0 Å². The fourth-order valence-electron chi connectivity index (χ4n) is 0.939. The summed E-state index contributed by atoms with van der Waals surface area (Å²) in [5, 5.41) is 8.87. The van der Waals surface area contributed by atoms with E-state index in [1.165, 1.54) is 19.2 Å². The van der Waals surface area contributed by atoms with Gasteiger partial charge in [0.25, 0.3) is 0 Å². The molecule has 1 heterocycles. The number of aliphatic hydroxyl groups is 1. The molecule has 0 bridgehead atoms. The molecule has 0 fully saturated rings. The fraction of sp³-hybridized carbons (Fsp3) is 0.375. The first-order chi connectivity index (χ1) is 5.93. The standard InChI is InChI=1S/C8H8F3NO/c1-5-2-3-12-4-6(5)7(13)8(9,10)11/h2-4,7,13H,1H3. The van der Waals surface area contributed by atoms with E-state index < -0.39 is 12.3 Å². The molecule has 1 unspecified atom stereocenters. The lowest BCUT2D eigenvalue weighted by Gasteiger charge is -2.15. The maximum Gasteiger partial charge on any atom is 0.418 e. The topological polar surface area (TPSA) is 33.1 Å². The van der Waals surface area contributed by atoms with E-state index in [0.717, 1.165) is 6.20 Å². The molecule has 5 heteroatoms. The summed E-state index contributed by atoms with van der Waals surface area (Å²) in [6.45, 7) is 1.49. The van der Waals surface area contributed by atoms with Crippen LogP contribution in [0.4, 0.5) is 13.2 Å². The molecule has 13 heavy (non-hydrogen) atoms. The van der Waals surface area contributed by atoms with Crippen molar-refractivity contribution >= 4 is 0 Å². The van der Waals surface area contributed by atoms with Gasteiger partial charge in [-0.3, -0.25) is 4.98 Å². The molecular weight excluding hydrogens is 183 g/mol. The van der Waals surface area contributed by atoms with Crippen molar-refractivity contribution in [1.82, 2.24) is 4.98 Å². The molecule has 0 aliphatic rings. The van der Waals surface area contributed by atoms with Crippen LogP contribution in [0.25, 0.3) is 0 Å².